The monoisotopic (exact) mass is 277 g/mol. The normalized spacial score (nSPS) is 12.9. The molecule has 1 aromatic heterocycles. The third kappa shape index (κ3) is 3.37. The molecule has 1 heterocycles. The molecule has 3 N–H and O–H groups in total. The second kappa shape index (κ2) is 6.22. The lowest BCUT2D eigenvalue weighted by Crippen LogP contribution is -2.15. The average Bonchev–Trinajstić information content (AvgIpc) is 2.85. The third-order valence-electron chi connectivity index (χ3n) is 3.19. The summed E-state index contributed by atoms with van der Waals surface area (Å²) in [5.74, 6) is 1.82. The van der Waals surface area contributed by atoms with Crippen molar-refractivity contribution in [3.8, 4) is 11.3 Å². The number of aromatic amines is 1. The first-order valence-electron chi connectivity index (χ1n) is 6.61. The maximum absolute atomic E-state index is 6.19. The number of hydrogen-bond donors (Lipinski definition) is 2. The highest BCUT2D eigenvalue weighted by molar-refractivity contribution is 6.33. The van der Waals surface area contributed by atoms with Crippen LogP contribution in [0.1, 0.15) is 32.0 Å². The number of halogens is 1. The number of aromatic nitrogens is 2. The van der Waals surface area contributed by atoms with Gasteiger partial charge in [0.2, 0.25) is 0 Å². The minimum Gasteiger partial charge on any atom is -0.342 e. The number of imidazole rings is 1. The molecule has 0 aliphatic rings. The minimum atomic E-state index is 0.274. The highest BCUT2D eigenvalue weighted by Gasteiger charge is 2.16. The second-order valence-electron chi connectivity index (χ2n) is 5.22. The fourth-order valence-electron chi connectivity index (χ4n) is 2.25. The Morgan fingerprint density at radius 1 is 1.32 bits per heavy atom. The highest BCUT2D eigenvalue weighted by Crippen LogP contribution is 2.28. The largest absolute Gasteiger partial charge is 0.342 e. The summed E-state index contributed by atoms with van der Waals surface area (Å²) >= 11 is 6.19. The van der Waals surface area contributed by atoms with Crippen LogP contribution >= 0.6 is 11.6 Å². The Morgan fingerprint density at radius 2 is 2.05 bits per heavy atom. The fourth-order valence-corrected chi connectivity index (χ4v) is 2.49. The van der Waals surface area contributed by atoms with Gasteiger partial charge < -0.3 is 10.7 Å². The minimum absolute atomic E-state index is 0.274. The van der Waals surface area contributed by atoms with Gasteiger partial charge >= 0.3 is 0 Å². The van der Waals surface area contributed by atoms with Crippen molar-refractivity contribution >= 4 is 11.6 Å². The first-order chi connectivity index (χ1) is 9.11. The lowest BCUT2D eigenvalue weighted by Gasteiger charge is -2.14. The topological polar surface area (TPSA) is 54.7 Å². The van der Waals surface area contributed by atoms with E-state index in [1.165, 1.54) is 0 Å². The number of nitrogens with one attached hydrogen (secondary N) is 1. The van der Waals surface area contributed by atoms with Crippen molar-refractivity contribution in [2.45, 2.75) is 26.2 Å². The standard InChI is InChI=1S/C15H20ClN3/c1-10(2)7-11(8-17)15-18-9-14(19-15)12-5-3-4-6-13(12)16/h3-6,9-11H,7-8,17H2,1-2H3,(H,18,19). The predicted octanol–water partition coefficient (Wildman–Crippen LogP) is 3.82. The van der Waals surface area contributed by atoms with Gasteiger partial charge in [0.05, 0.1) is 11.9 Å². The van der Waals surface area contributed by atoms with Crippen molar-refractivity contribution in [2.24, 2.45) is 11.7 Å². The summed E-state index contributed by atoms with van der Waals surface area (Å²) < 4.78 is 0. The number of benzene rings is 1. The molecule has 2 rings (SSSR count). The molecule has 1 aromatic carbocycles. The highest BCUT2D eigenvalue weighted by atomic mass is 35.5. The summed E-state index contributed by atoms with van der Waals surface area (Å²) in [6.45, 7) is 4.99. The van der Waals surface area contributed by atoms with Gasteiger partial charge in [-0.05, 0) is 18.4 Å². The van der Waals surface area contributed by atoms with Gasteiger partial charge in [0.15, 0.2) is 0 Å². The van der Waals surface area contributed by atoms with Gasteiger partial charge in [0.25, 0.3) is 0 Å². The smallest absolute Gasteiger partial charge is 0.110 e. The second-order valence-corrected chi connectivity index (χ2v) is 5.63. The molecule has 102 valence electrons. The van der Waals surface area contributed by atoms with E-state index >= 15 is 0 Å². The molecule has 4 heteroatoms. The van der Waals surface area contributed by atoms with Gasteiger partial charge in [0, 0.05) is 23.0 Å². The van der Waals surface area contributed by atoms with Crippen molar-refractivity contribution in [3.05, 3.63) is 41.3 Å². The van der Waals surface area contributed by atoms with Crippen molar-refractivity contribution in [2.75, 3.05) is 6.54 Å². The number of H-pyrrole nitrogens is 1. The lowest BCUT2D eigenvalue weighted by atomic mass is 9.97. The van der Waals surface area contributed by atoms with Gasteiger partial charge in [-0.3, -0.25) is 0 Å². The molecule has 0 saturated carbocycles. The zero-order valence-corrected chi connectivity index (χ0v) is 12.1. The molecule has 1 atom stereocenters. The fraction of sp³-hybridized carbons (Fsp3) is 0.400. The molecule has 0 radical (unpaired) electrons. The molecule has 0 saturated heterocycles. The van der Waals surface area contributed by atoms with Gasteiger partial charge in [-0.1, -0.05) is 43.6 Å². The van der Waals surface area contributed by atoms with Gasteiger partial charge in [-0.2, -0.15) is 0 Å². The molecular formula is C15H20ClN3. The van der Waals surface area contributed by atoms with Crippen molar-refractivity contribution in [3.63, 3.8) is 0 Å². The van der Waals surface area contributed by atoms with Crippen LogP contribution in [0.3, 0.4) is 0 Å². The predicted molar refractivity (Wildman–Crippen MR) is 80.3 cm³/mol. The average molecular weight is 278 g/mol. The molecule has 1 unspecified atom stereocenters. The van der Waals surface area contributed by atoms with E-state index in [2.05, 4.69) is 23.8 Å². The van der Waals surface area contributed by atoms with Crippen LogP contribution in [0.15, 0.2) is 30.5 Å². The summed E-state index contributed by atoms with van der Waals surface area (Å²) in [7, 11) is 0. The summed E-state index contributed by atoms with van der Waals surface area (Å²) in [6.07, 6.45) is 2.87. The van der Waals surface area contributed by atoms with Gasteiger partial charge in [0.1, 0.15) is 5.82 Å². The van der Waals surface area contributed by atoms with Crippen molar-refractivity contribution in [1.29, 1.82) is 0 Å². The van der Waals surface area contributed by atoms with E-state index in [0.717, 1.165) is 28.5 Å². The van der Waals surface area contributed by atoms with Gasteiger partial charge in [-0.25, -0.2) is 4.98 Å². The Bertz CT molecular complexity index is 534. The Morgan fingerprint density at radius 3 is 2.68 bits per heavy atom. The van der Waals surface area contributed by atoms with Crippen LogP contribution in [0.4, 0.5) is 0 Å². The van der Waals surface area contributed by atoms with Crippen LogP contribution < -0.4 is 5.73 Å². The van der Waals surface area contributed by atoms with E-state index in [9.17, 15) is 0 Å². The van der Waals surface area contributed by atoms with E-state index < -0.39 is 0 Å². The molecule has 2 aromatic rings. The maximum Gasteiger partial charge on any atom is 0.110 e. The molecule has 0 fully saturated rings. The Kier molecular flexibility index (Phi) is 4.61. The van der Waals surface area contributed by atoms with Crippen LogP contribution in [-0.2, 0) is 0 Å². The molecule has 0 bridgehead atoms. The first kappa shape index (κ1) is 14.1. The molecule has 19 heavy (non-hydrogen) atoms. The van der Waals surface area contributed by atoms with E-state index in [4.69, 9.17) is 17.3 Å². The number of rotatable bonds is 5. The Labute approximate surface area is 119 Å². The summed E-state index contributed by atoms with van der Waals surface area (Å²) in [4.78, 5) is 7.81. The van der Waals surface area contributed by atoms with E-state index in [1.54, 1.807) is 0 Å². The number of nitrogens with two attached hydrogens (primary N) is 1. The summed E-state index contributed by atoms with van der Waals surface area (Å²) in [5, 5.41) is 0.728. The van der Waals surface area contributed by atoms with E-state index in [1.807, 2.05) is 30.5 Å². The molecule has 0 aliphatic heterocycles. The summed E-state index contributed by atoms with van der Waals surface area (Å²) in [5.41, 5.74) is 7.77. The first-order valence-corrected chi connectivity index (χ1v) is 6.99. The van der Waals surface area contributed by atoms with Crippen LogP contribution in [0.2, 0.25) is 5.02 Å². The third-order valence-corrected chi connectivity index (χ3v) is 3.52. The number of hydrogen-bond acceptors (Lipinski definition) is 2. The van der Waals surface area contributed by atoms with Crippen LogP contribution in [-0.4, -0.2) is 16.5 Å². The Balaban J connectivity index is 2.26. The molecule has 0 aliphatic carbocycles. The van der Waals surface area contributed by atoms with Crippen molar-refractivity contribution < 1.29 is 0 Å². The molecule has 3 nitrogen and oxygen atoms in total. The lowest BCUT2D eigenvalue weighted by molar-refractivity contribution is 0.490. The molecule has 0 amide bonds. The van der Waals surface area contributed by atoms with Crippen molar-refractivity contribution in [1.82, 2.24) is 9.97 Å². The SMILES string of the molecule is CC(C)CC(CN)c1ncc(-c2ccccc2Cl)[nH]1. The quantitative estimate of drug-likeness (QED) is 0.873. The van der Waals surface area contributed by atoms with Gasteiger partial charge in [-0.15, -0.1) is 0 Å². The van der Waals surface area contributed by atoms with Crippen LogP contribution in [0.25, 0.3) is 11.3 Å². The van der Waals surface area contributed by atoms with E-state index in [0.29, 0.717) is 12.5 Å². The van der Waals surface area contributed by atoms with Crippen LogP contribution in [0.5, 0.6) is 0 Å². The van der Waals surface area contributed by atoms with Crippen LogP contribution in [0, 0.1) is 5.92 Å². The van der Waals surface area contributed by atoms with E-state index in [-0.39, 0.29) is 5.92 Å². The zero-order valence-electron chi connectivity index (χ0n) is 11.4. The molecular weight excluding hydrogens is 258 g/mol. The zero-order chi connectivity index (χ0) is 13.8. The Hall–Kier alpha value is -1.32. The number of nitrogens with zero attached hydrogens (tertiary/aromatic N) is 1. The maximum atomic E-state index is 6.19. The molecule has 0 spiro atoms. The summed E-state index contributed by atoms with van der Waals surface area (Å²) in [6, 6.07) is 7.76.